The predicted molar refractivity (Wildman–Crippen MR) is 134 cm³/mol. The monoisotopic (exact) mass is 455 g/mol. The van der Waals surface area contributed by atoms with E-state index in [0.717, 1.165) is 34.0 Å². The van der Waals surface area contributed by atoms with Crippen LogP contribution in [-0.2, 0) is 11.3 Å². The molecule has 1 aromatic heterocycles. The Labute approximate surface area is 199 Å². The van der Waals surface area contributed by atoms with Gasteiger partial charge in [-0.05, 0) is 50.2 Å². The fourth-order valence-electron chi connectivity index (χ4n) is 4.60. The van der Waals surface area contributed by atoms with Crippen molar-refractivity contribution in [2.24, 2.45) is 0 Å². The van der Waals surface area contributed by atoms with Gasteiger partial charge in [-0.15, -0.1) is 0 Å². The maximum absolute atomic E-state index is 13.1. The smallest absolute Gasteiger partial charge is 0.227 e. The molecule has 1 aliphatic rings. The quantitative estimate of drug-likeness (QED) is 0.360. The molecule has 2 heterocycles. The molecule has 1 amide bonds. The Morgan fingerprint density at radius 2 is 1.74 bits per heavy atom. The third kappa shape index (κ3) is 4.36. The van der Waals surface area contributed by atoms with Crippen molar-refractivity contribution in [1.82, 2.24) is 9.55 Å². The summed E-state index contributed by atoms with van der Waals surface area (Å²) < 4.78 is 14.0. The van der Waals surface area contributed by atoms with E-state index < -0.39 is 0 Å². The molecule has 1 fully saturated rings. The SMILES string of the molecule is CCOc1ccccc1N1C[C@@H](c2nc3ccccc3n2CCOc2ccc(C)cc2)CC1=O. The van der Waals surface area contributed by atoms with Crippen molar-refractivity contribution < 1.29 is 14.3 Å². The maximum Gasteiger partial charge on any atom is 0.227 e. The third-order valence-electron chi connectivity index (χ3n) is 6.23. The van der Waals surface area contributed by atoms with Crippen LogP contribution in [0.4, 0.5) is 5.69 Å². The summed E-state index contributed by atoms with van der Waals surface area (Å²) in [6.07, 6.45) is 0.419. The standard InChI is InChI=1S/C28H29N3O3/c1-3-33-26-11-7-6-10-25(26)31-19-21(18-27(31)32)28-29-23-8-4-5-9-24(23)30(28)16-17-34-22-14-12-20(2)13-15-22/h4-15,21H,3,16-19H2,1-2H3/t21-/m0/s1. The highest BCUT2D eigenvalue weighted by Gasteiger charge is 2.36. The van der Waals surface area contributed by atoms with Crippen LogP contribution in [0.3, 0.4) is 0 Å². The number of imidazole rings is 1. The molecule has 0 radical (unpaired) electrons. The van der Waals surface area contributed by atoms with Crippen LogP contribution < -0.4 is 14.4 Å². The number of aryl methyl sites for hydroxylation is 1. The summed E-state index contributed by atoms with van der Waals surface area (Å²) in [6.45, 7) is 6.32. The van der Waals surface area contributed by atoms with Gasteiger partial charge in [0, 0.05) is 18.9 Å². The number of anilines is 1. The van der Waals surface area contributed by atoms with Crippen molar-refractivity contribution in [2.75, 3.05) is 24.7 Å². The second-order valence-electron chi connectivity index (χ2n) is 8.58. The van der Waals surface area contributed by atoms with E-state index in [2.05, 4.69) is 17.6 Å². The van der Waals surface area contributed by atoms with E-state index in [1.807, 2.05) is 78.6 Å². The highest BCUT2D eigenvalue weighted by molar-refractivity contribution is 5.97. The summed E-state index contributed by atoms with van der Waals surface area (Å²) in [5, 5.41) is 0. The molecule has 6 nitrogen and oxygen atoms in total. The van der Waals surface area contributed by atoms with E-state index >= 15 is 0 Å². The van der Waals surface area contributed by atoms with Gasteiger partial charge >= 0.3 is 0 Å². The molecule has 0 spiro atoms. The first kappa shape index (κ1) is 22.0. The van der Waals surface area contributed by atoms with Gasteiger partial charge in [0.05, 0.1) is 29.9 Å². The Hall–Kier alpha value is -3.80. The van der Waals surface area contributed by atoms with Gasteiger partial charge in [0.1, 0.15) is 23.9 Å². The number of ether oxygens (including phenoxy) is 2. The number of carbonyl (C=O) groups excluding carboxylic acids is 1. The number of nitrogens with zero attached hydrogens (tertiary/aromatic N) is 3. The number of aromatic nitrogens is 2. The van der Waals surface area contributed by atoms with Crippen LogP contribution in [0.5, 0.6) is 11.5 Å². The van der Waals surface area contributed by atoms with Crippen LogP contribution in [0.1, 0.15) is 30.7 Å². The first-order valence-corrected chi connectivity index (χ1v) is 11.8. The lowest BCUT2D eigenvalue weighted by Crippen LogP contribution is -2.25. The summed E-state index contributed by atoms with van der Waals surface area (Å²) in [4.78, 5) is 19.9. The van der Waals surface area contributed by atoms with Crippen LogP contribution in [0.25, 0.3) is 11.0 Å². The molecule has 1 atom stereocenters. The summed E-state index contributed by atoms with van der Waals surface area (Å²) >= 11 is 0. The molecule has 0 unspecified atom stereocenters. The van der Waals surface area contributed by atoms with Crippen molar-refractivity contribution in [1.29, 1.82) is 0 Å². The van der Waals surface area contributed by atoms with Gasteiger partial charge in [0.2, 0.25) is 5.91 Å². The molecule has 0 bridgehead atoms. The number of carbonyl (C=O) groups is 1. The lowest BCUT2D eigenvalue weighted by atomic mass is 10.1. The van der Waals surface area contributed by atoms with Crippen molar-refractivity contribution in [3.05, 3.63) is 84.2 Å². The normalized spacial score (nSPS) is 15.8. The molecular weight excluding hydrogens is 426 g/mol. The molecule has 5 rings (SSSR count). The number of rotatable bonds is 8. The molecule has 174 valence electrons. The van der Waals surface area contributed by atoms with Crippen molar-refractivity contribution in [2.45, 2.75) is 32.7 Å². The number of fused-ring (bicyclic) bond motifs is 1. The summed E-state index contributed by atoms with van der Waals surface area (Å²) in [7, 11) is 0. The first-order valence-electron chi connectivity index (χ1n) is 11.8. The average Bonchev–Trinajstić information content (AvgIpc) is 3.41. The molecule has 1 saturated heterocycles. The average molecular weight is 456 g/mol. The minimum Gasteiger partial charge on any atom is -0.492 e. The van der Waals surface area contributed by atoms with Crippen molar-refractivity contribution in [3.63, 3.8) is 0 Å². The third-order valence-corrected chi connectivity index (χ3v) is 6.23. The molecule has 0 aliphatic carbocycles. The van der Waals surface area contributed by atoms with E-state index in [9.17, 15) is 4.79 Å². The highest BCUT2D eigenvalue weighted by Crippen LogP contribution is 2.37. The van der Waals surface area contributed by atoms with Crippen LogP contribution in [0.15, 0.2) is 72.8 Å². The van der Waals surface area contributed by atoms with Gasteiger partial charge in [-0.25, -0.2) is 4.98 Å². The summed E-state index contributed by atoms with van der Waals surface area (Å²) in [5.74, 6) is 2.60. The Morgan fingerprint density at radius 3 is 2.56 bits per heavy atom. The van der Waals surface area contributed by atoms with Gasteiger partial charge in [-0.1, -0.05) is 42.0 Å². The molecule has 34 heavy (non-hydrogen) atoms. The van der Waals surface area contributed by atoms with Crippen molar-refractivity contribution >= 4 is 22.6 Å². The largest absolute Gasteiger partial charge is 0.492 e. The van der Waals surface area contributed by atoms with E-state index in [0.29, 0.717) is 32.7 Å². The molecule has 1 aliphatic heterocycles. The van der Waals surface area contributed by atoms with E-state index in [4.69, 9.17) is 14.5 Å². The number of hydrogen-bond acceptors (Lipinski definition) is 4. The van der Waals surface area contributed by atoms with E-state index in [1.165, 1.54) is 5.56 Å². The Morgan fingerprint density at radius 1 is 0.971 bits per heavy atom. The fourth-order valence-corrected chi connectivity index (χ4v) is 4.60. The van der Waals surface area contributed by atoms with Gasteiger partial charge in [0.15, 0.2) is 0 Å². The number of amides is 1. The van der Waals surface area contributed by atoms with Gasteiger partial charge in [-0.2, -0.15) is 0 Å². The molecule has 3 aromatic carbocycles. The summed E-state index contributed by atoms with van der Waals surface area (Å²) in [6, 6.07) is 23.9. The van der Waals surface area contributed by atoms with Gasteiger partial charge < -0.3 is 18.9 Å². The van der Waals surface area contributed by atoms with Crippen LogP contribution in [0.2, 0.25) is 0 Å². The van der Waals surface area contributed by atoms with Crippen LogP contribution in [0, 0.1) is 6.92 Å². The second-order valence-corrected chi connectivity index (χ2v) is 8.58. The molecular formula is C28H29N3O3. The Kier molecular flexibility index (Phi) is 6.21. The second kappa shape index (κ2) is 9.59. The molecule has 0 saturated carbocycles. The fraction of sp³-hybridized carbons (Fsp3) is 0.286. The zero-order chi connectivity index (χ0) is 23.5. The van der Waals surface area contributed by atoms with Crippen LogP contribution in [-0.4, -0.2) is 35.2 Å². The minimum absolute atomic E-state index is 0.00559. The van der Waals surface area contributed by atoms with E-state index in [1.54, 1.807) is 0 Å². The number of benzene rings is 3. The van der Waals surface area contributed by atoms with Gasteiger partial charge in [-0.3, -0.25) is 4.79 Å². The Balaban J connectivity index is 1.40. The summed E-state index contributed by atoms with van der Waals surface area (Å²) in [5.41, 5.74) is 4.03. The Bertz CT molecular complexity index is 1300. The number of hydrogen-bond donors (Lipinski definition) is 0. The number of para-hydroxylation sites is 4. The van der Waals surface area contributed by atoms with E-state index in [-0.39, 0.29) is 11.8 Å². The zero-order valence-corrected chi connectivity index (χ0v) is 19.6. The topological polar surface area (TPSA) is 56.6 Å². The van der Waals surface area contributed by atoms with Crippen molar-refractivity contribution in [3.8, 4) is 11.5 Å². The van der Waals surface area contributed by atoms with Crippen LogP contribution >= 0.6 is 0 Å². The molecule has 0 N–H and O–H groups in total. The molecule has 4 aromatic rings. The lowest BCUT2D eigenvalue weighted by Gasteiger charge is -2.20. The minimum atomic E-state index is -0.00559. The zero-order valence-electron chi connectivity index (χ0n) is 19.6. The highest BCUT2D eigenvalue weighted by atomic mass is 16.5. The molecule has 6 heteroatoms. The first-order chi connectivity index (χ1) is 16.6. The lowest BCUT2D eigenvalue weighted by molar-refractivity contribution is -0.117. The predicted octanol–water partition coefficient (Wildman–Crippen LogP) is 5.34. The maximum atomic E-state index is 13.1. The van der Waals surface area contributed by atoms with Gasteiger partial charge in [0.25, 0.3) is 0 Å².